The van der Waals surface area contributed by atoms with Gasteiger partial charge in [0, 0.05) is 18.3 Å². The molecule has 0 aromatic carbocycles. The number of aliphatic carboxylic acids is 1. The van der Waals surface area contributed by atoms with Crippen molar-refractivity contribution in [3.8, 4) is 0 Å². The van der Waals surface area contributed by atoms with E-state index in [1.54, 1.807) is 15.8 Å². The van der Waals surface area contributed by atoms with Gasteiger partial charge in [0.2, 0.25) is 0 Å². The molecule has 2 heterocycles. The van der Waals surface area contributed by atoms with E-state index in [9.17, 15) is 14.7 Å². The second-order valence-corrected chi connectivity index (χ2v) is 6.78. The van der Waals surface area contributed by atoms with Crippen molar-refractivity contribution < 1.29 is 14.7 Å². The minimum Gasteiger partial charge on any atom is -0.480 e. The summed E-state index contributed by atoms with van der Waals surface area (Å²) in [4.78, 5) is 26.1. The fourth-order valence-corrected chi connectivity index (χ4v) is 4.14. The number of hydrogen-bond donors (Lipinski definition) is 1. The normalized spacial score (nSPS) is 27.5. The summed E-state index contributed by atoms with van der Waals surface area (Å²) in [5, 5.41) is 13.8. The van der Waals surface area contributed by atoms with E-state index in [1.807, 2.05) is 20.8 Å². The number of nitrogens with zero attached hydrogens (tertiary/aromatic N) is 3. The molecule has 1 amide bonds. The number of aromatic nitrogens is 2. The van der Waals surface area contributed by atoms with Gasteiger partial charge in [-0.2, -0.15) is 5.10 Å². The van der Waals surface area contributed by atoms with Crippen LogP contribution in [0.4, 0.5) is 0 Å². The van der Waals surface area contributed by atoms with Crippen molar-refractivity contribution in [2.75, 3.05) is 6.54 Å². The van der Waals surface area contributed by atoms with Gasteiger partial charge in [-0.25, -0.2) is 4.79 Å². The first-order chi connectivity index (χ1) is 10.4. The third-order valence-electron chi connectivity index (χ3n) is 5.17. The van der Waals surface area contributed by atoms with Crippen molar-refractivity contribution in [2.45, 2.75) is 52.1 Å². The zero-order valence-corrected chi connectivity index (χ0v) is 13.3. The van der Waals surface area contributed by atoms with Crippen LogP contribution in [-0.2, 0) is 4.79 Å². The van der Waals surface area contributed by atoms with Crippen LogP contribution in [0.2, 0.25) is 0 Å². The van der Waals surface area contributed by atoms with E-state index >= 15 is 0 Å². The fraction of sp³-hybridized carbons (Fsp3) is 0.688. The van der Waals surface area contributed by atoms with Crippen molar-refractivity contribution in [3.05, 3.63) is 17.5 Å². The molecule has 2 aliphatic rings. The van der Waals surface area contributed by atoms with Gasteiger partial charge in [-0.15, -0.1) is 0 Å². The van der Waals surface area contributed by atoms with E-state index in [2.05, 4.69) is 5.10 Å². The van der Waals surface area contributed by atoms with Crippen molar-refractivity contribution in [1.82, 2.24) is 14.7 Å². The van der Waals surface area contributed by atoms with Crippen molar-refractivity contribution in [3.63, 3.8) is 0 Å². The van der Waals surface area contributed by atoms with E-state index in [-0.39, 0.29) is 17.9 Å². The van der Waals surface area contributed by atoms with Crippen LogP contribution in [0, 0.1) is 18.8 Å². The number of fused-ring (bicyclic) bond motifs is 1. The highest BCUT2D eigenvalue weighted by atomic mass is 16.4. The highest BCUT2D eigenvalue weighted by Crippen LogP contribution is 2.42. The number of carbonyl (C=O) groups excluding carboxylic acids is 1. The number of carboxylic acid groups (broad SMARTS) is 1. The van der Waals surface area contributed by atoms with Crippen LogP contribution in [0.1, 0.15) is 55.2 Å². The first kappa shape index (κ1) is 15.1. The lowest BCUT2D eigenvalue weighted by atomic mass is 9.94. The molecule has 3 rings (SSSR count). The lowest BCUT2D eigenvalue weighted by Crippen LogP contribution is -2.43. The molecule has 120 valence electrons. The maximum Gasteiger partial charge on any atom is 0.326 e. The number of rotatable bonds is 3. The third kappa shape index (κ3) is 2.21. The number of hydrogen-bond acceptors (Lipinski definition) is 3. The summed E-state index contributed by atoms with van der Waals surface area (Å²) in [5.41, 5.74) is 1.33. The standard InChI is InChI=1S/C16H23N3O3/c1-9(2)19-10(3)13(7-17-19)15(20)18-8-11-5-4-6-12(11)14(18)16(21)22/h7,9,11-12,14H,4-6,8H2,1-3H3,(H,21,22)/t11-,12-,14+/m0/s1. The number of likely N-dealkylation sites (tertiary alicyclic amines) is 1. The lowest BCUT2D eigenvalue weighted by Gasteiger charge is -2.24. The molecule has 1 aromatic rings. The topological polar surface area (TPSA) is 75.4 Å². The Balaban J connectivity index is 1.90. The first-order valence-corrected chi connectivity index (χ1v) is 7.99. The summed E-state index contributed by atoms with van der Waals surface area (Å²) in [6, 6.07) is -0.503. The molecule has 1 aliphatic heterocycles. The van der Waals surface area contributed by atoms with E-state index < -0.39 is 12.0 Å². The van der Waals surface area contributed by atoms with E-state index in [4.69, 9.17) is 0 Å². The van der Waals surface area contributed by atoms with Gasteiger partial charge in [-0.1, -0.05) is 6.42 Å². The van der Waals surface area contributed by atoms with Gasteiger partial charge in [-0.3, -0.25) is 9.48 Å². The average molecular weight is 305 g/mol. The predicted octanol–water partition coefficient (Wildman–Crippen LogP) is 2.10. The van der Waals surface area contributed by atoms with Crippen LogP contribution in [0.15, 0.2) is 6.20 Å². The summed E-state index contributed by atoms with van der Waals surface area (Å²) in [7, 11) is 0. The lowest BCUT2D eigenvalue weighted by molar-refractivity contribution is -0.142. The predicted molar refractivity (Wildman–Crippen MR) is 80.6 cm³/mol. The Hall–Kier alpha value is -1.85. The number of carbonyl (C=O) groups is 2. The Labute approximate surface area is 130 Å². The Kier molecular flexibility index (Phi) is 3.70. The minimum absolute atomic E-state index is 0.113. The molecule has 1 aliphatic carbocycles. The van der Waals surface area contributed by atoms with Crippen LogP contribution in [-0.4, -0.2) is 44.3 Å². The molecule has 22 heavy (non-hydrogen) atoms. The molecule has 1 aromatic heterocycles. The molecule has 0 bridgehead atoms. The van der Waals surface area contributed by atoms with Gasteiger partial charge < -0.3 is 10.0 Å². The Bertz CT molecular complexity index is 608. The van der Waals surface area contributed by atoms with Gasteiger partial charge in [0.15, 0.2) is 0 Å². The Morgan fingerprint density at radius 3 is 2.68 bits per heavy atom. The number of amides is 1. The van der Waals surface area contributed by atoms with Gasteiger partial charge in [0.1, 0.15) is 6.04 Å². The molecule has 0 unspecified atom stereocenters. The number of carboxylic acids is 1. The summed E-state index contributed by atoms with van der Waals surface area (Å²) in [6.07, 6.45) is 4.59. The van der Waals surface area contributed by atoms with Crippen molar-refractivity contribution >= 4 is 11.9 Å². The van der Waals surface area contributed by atoms with Crippen molar-refractivity contribution in [2.24, 2.45) is 11.8 Å². The monoisotopic (exact) mass is 305 g/mol. The summed E-state index contributed by atoms with van der Waals surface area (Å²) in [6.45, 7) is 6.45. The Morgan fingerprint density at radius 2 is 2.09 bits per heavy atom. The summed E-state index contributed by atoms with van der Waals surface area (Å²) in [5.74, 6) is -0.616. The fourth-order valence-electron chi connectivity index (χ4n) is 4.14. The first-order valence-electron chi connectivity index (χ1n) is 7.99. The maximum absolute atomic E-state index is 12.9. The zero-order valence-electron chi connectivity index (χ0n) is 13.3. The average Bonchev–Trinajstić information content (AvgIpc) is 3.09. The highest BCUT2D eigenvalue weighted by Gasteiger charge is 2.49. The van der Waals surface area contributed by atoms with Gasteiger partial charge >= 0.3 is 5.97 Å². The quantitative estimate of drug-likeness (QED) is 0.928. The molecule has 3 atom stereocenters. The van der Waals surface area contributed by atoms with Crippen molar-refractivity contribution in [1.29, 1.82) is 0 Å². The molecule has 1 N–H and O–H groups in total. The molecule has 0 spiro atoms. The molecule has 6 nitrogen and oxygen atoms in total. The van der Waals surface area contributed by atoms with E-state index in [0.29, 0.717) is 18.0 Å². The van der Waals surface area contributed by atoms with Crippen LogP contribution < -0.4 is 0 Å². The van der Waals surface area contributed by atoms with Crippen LogP contribution >= 0.6 is 0 Å². The SMILES string of the molecule is Cc1c(C(=O)N2C[C@@H]3CCC[C@@H]3[C@@H]2C(=O)O)cnn1C(C)C. The molecule has 6 heteroatoms. The molecule has 1 saturated heterocycles. The van der Waals surface area contributed by atoms with Crippen LogP contribution in [0.3, 0.4) is 0 Å². The molecule has 0 radical (unpaired) electrons. The summed E-state index contributed by atoms with van der Waals surface area (Å²) < 4.78 is 1.81. The third-order valence-corrected chi connectivity index (χ3v) is 5.17. The second kappa shape index (κ2) is 5.41. The Morgan fingerprint density at radius 1 is 1.36 bits per heavy atom. The molecule has 2 fully saturated rings. The van der Waals surface area contributed by atoms with E-state index in [0.717, 1.165) is 25.0 Å². The summed E-state index contributed by atoms with van der Waals surface area (Å²) >= 11 is 0. The molecule has 1 saturated carbocycles. The van der Waals surface area contributed by atoms with Crippen LogP contribution in [0.25, 0.3) is 0 Å². The molecular formula is C16H23N3O3. The zero-order chi connectivity index (χ0) is 16.0. The van der Waals surface area contributed by atoms with Crippen LogP contribution in [0.5, 0.6) is 0 Å². The molecular weight excluding hydrogens is 282 g/mol. The minimum atomic E-state index is -0.878. The van der Waals surface area contributed by atoms with E-state index in [1.165, 1.54) is 0 Å². The van der Waals surface area contributed by atoms with Gasteiger partial charge in [0.05, 0.1) is 11.8 Å². The van der Waals surface area contributed by atoms with Gasteiger partial charge in [0.25, 0.3) is 5.91 Å². The highest BCUT2D eigenvalue weighted by molar-refractivity contribution is 5.97. The smallest absolute Gasteiger partial charge is 0.326 e. The maximum atomic E-state index is 12.9. The van der Waals surface area contributed by atoms with Gasteiger partial charge in [-0.05, 0) is 45.4 Å². The second-order valence-electron chi connectivity index (χ2n) is 6.78. The largest absolute Gasteiger partial charge is 0.480 e.